The van der Waals surface area contributed by atoms with E-state index in [0.717, 1.165) is 54.9 Å². The molecule has 0 saturated carbocycles. The van der Waals surface area contributed by atoms with Crippen molar-refractivity contribution in [2.24, 2.45) is 0 Å². The third-order valence-electron chi connectivity index (χ3n) is 7.91. The van der Waals surface area contributed by atoms with Gasteiger partial charge in [-0.1, -0.05) is 35.6 Å². The third-order valence-corrected chi connectivity index (χ3v) is 8.93. The van der Waals surface area contributed by atoms with Gasteiger partial charge in [-0.15, -0.1) is 10.2 Å². The third kappa shape index (κ3) is 12.6. The number of hydrogen-bond acceptors (Lipinski definition) is 13. The summed E-state index contributed by atoms with van der Waals surface area (Å²) in [7, 11) is 0. The van der Waals surface area contributed by atoms with E-state index in [0.29, 0.717) is 106 Å². The molecule has 3 aliphatic rings. The Morgan fingerprint density at radius 3 is 1.08 bits per heavy atom. The summed E-state index contributed by atoms with van der Waals surface area (Å²) in [5.74, 6) is 3.01. The molecule has 0 fully saturated rings. The normalized spacial score (nSPS) is 17.1. The molecule has 0 saturated heterocycles. The van der Waals surface area contributed by atoms with E-state index in [-0.39, 0.29) is 0 Å². The molecular weight excluding hydrogens is 701 g/mol. The molecular formula is C40H46N2O10S. The van der Waals surface area contributed by atoms with Crippen LogP contribution in [0.1, 0.15) is 0 Å². The molecule has 282 valence electrons. The molecule has 0 radical (unpaired) electrons. The fraction of sp³-hybridized carbons (Fsp3) is 0.400. The van der Waals surface area contributed by atoms with Crippen molar-refractivity contribution >= 4 is 22.1 Å². The minimum absolute atomic E-state index is 0.401. The molecule has 3 aliphatic heterocycles. The van der Waals surface area contributed by atoms with Crippen molar-refractivity contribution in [1.82, 2.24) is 10.2 Å². The second kappa shape index (κ2) is 22.0. The quantitative estimate of drug-likeness (QED) is 0.176. The van der Waals surface area contributed by atoms with Gasteiger partial charge >= 0.3 is 0 Å². The highest BCUT2D eigenvalue weighted by Gasteiger charge is 2.11. The lowest BCUT2D eigenvalue weighted by Crippen LogP contribution is -2.14. The highest BCUT2D eigenvalue weighted by Crippen LogP contribution is 2.34. The van der Waals surface area contributed by atoms with E-state index in [9.17, 15) is 0 Å². The van der Waals surface area contributed by atoms with Gasteiger partial charge in [0.25, 0.3) is 0 Å². The molecule has 0 aliphatic carbocycles. The van der Waals surface area contributed by atoms with Crippen LogP contribution in [-0.2, 0) is 28.4 Å². The van der Waals surface area contributed by atoms with Gasteiger partial charge in [0, 0.05) is 11.1 Å². The summed E-state index contributed by atoms with van der Waals surface area (Å²) in [5, 5.41) is 12.4. The van der Waals surface area contributed by atoms with Gasteiger partial charge in [-0.25, -0.2) is 0 Å². The van der Waals surface area contributed by atoms with Gasteiger partial charge in [-0.05, 0) is 66.0 Å². The maximum atomic E-state index is 6.08. The van der Waals surface area contributed by atoms with Crippen molar-refractivity contribution in [3.8, 4) is 44.1 Å². The van der Waals surface area contributed by atoms with Crippen LogP contribution in [-0.4, -0.2) is 116 Å². The average molecular weight is 747 g/mol. The molecule has 0 unspecified atom stereocenters. The SMILES string of the molecule is c1cc2c3c(cccc3c1)OCCOCCOCCOCCOc1ccc(cc1)-c1nnc(s1)-c1ccc(cc1)OCCOCCOCCOCCO2. The van der Waals surface area contributed by atoms with Crippen molar-refractivity contribution in [2.75, 3.05) is 106 Å². The Labute approximate surface area is 313 Å². The molecule has 13 heteroatoms. The van der Waals surface area contributed by atoms with Crippen LogP contribution in [0.5, 0.6) is 23.0 Å². The van der Waals surface area contributed by atoms with Crippen LogP contribution in [0.15, 0.2) is 84.9 Å². The van der Waals surface area contributed by atoms with Gasteiger partial charge in [0.2, 0.25) is 0 Å². The Hall–Kier alpha value is -4.34. The monoisotopic (exact) mass is 746 g/mol. The van der Waals surface area contributed by atoms with Gasteiger partial charge in [0.05, 0.1) is 84.7 Å². The molecule has 0 atom stereocenters. The number of ether oxygens (including phenoxy) is 10. The maximum absolute atomic E-state index is 6.08. The van der Waals surface area contributed by atoms with Crippen molar-refractivity contribution in [2.45, 2.75) is 0 Å². The van der Waals surface area contributed by atoms with Crippen LogP contribution in [0.2, 0.25) is 0 Å². The summed E-state index contributed by atoms with van der Waals surface area (Å²) < 4.78 is 57.8. The smallest absolute Gasteiger partial charge is 0.148 e. The lowest BCUT2D eigenvalue weighted by Gasteiger charge is -2.14. The van der Waals surface area contributed by atoms with E-state index in [4.69, 9.17) is 47.4 Å². The molecule has 4 aromatic carbocycles. The fourth-order valence-electron chi connectivity index (χ4n) is 5.30. The van der Waals surface area contributed by atoms with Gasteiger partial charge in [0.1, 0.15) is 59.4 Å². The zero-order chi connectivity index (χ0) is 36.2. The topological polar surface area (TPSA) is 118 Å². The Morgan fingerprint density at radius 1 is 0.358 bits per heavy atom. The standard InChI is InChI=1S/C40H46N2O10S/c1-3-31-4-2-6-37-38(31)36(5-1)51-29-25-47-21-17-43-15-19-45-23-27-49-34-11-7-32(8-12-34)39-41-42-40(53-39)33-9-13-35(14-10-33)50-28-24-46-20-16-44-18-22-48-26-30-52-37/h1-14H,15-30H2. The largest absolute Gasteiger partial charge is 0.491 e. The van der Waals surface area contributed by atoms with E-state index in [1.54, 1.807) is 0 Å². The van der Waals surface area contributed by atoms with Gasteiger partial charge in [-0.3, -0.25) is 0 Å². The van der Waals surface area contributed by atoms with E-state index >= 15 is 0 Å². The first-order valence-corrected chi connectivity index (χ1v) is 18.7. The molecule has 12 nitrogen and oxygen atoms in total. The van der Waals surface area contributed by atoms with Crippen LogP contribution in [0, 0.1) is 0 Å². The highest BCUT2D eigenvalue weighted by atomic mass is 32.1. The van der Waals surface area contributed by atoms with Crippen molar-refractivity contribution < 1.29 is 47.4 Å². The van der Waals surface area contributed by atoms with Crippen molar-refractivity contribution in [3.05, 3.63) is 84.9 Å². The predicted molar refractivity (Wildman–Crippen MR) is 202 cm³/mol. The highest BCUT2D eigenvalue weighted by molar-refractivity contribution is 7.17. The van der Waals surface area contributed by atoms with E-state index in [2.05, 4.69) is 10.2 Å². The number of rotatable bonds is 0. The minimum atomic E-state index is 0.401. The molecule has 0 N–H and O–H groups in total. The first-order valence-electron chi connectivity index (χ1n) is 17.9. The van der Waals surface area contributed by atoms with Crippen LogP contribution in [0.25, 0.3) is 31.9 Å². The molecule has 4 heterocycles. The summed E-state index contributed by atoms with van der Waals surface area (Å²) in [6.07, 6.45) is 0. The van der Waals surface area contributed by atoms with Crippen molar-refractivity contribution in [3.63, 3.8) is 0 Å². The summed E-state index contributed by atoms with van der Waals surface area (Å²) in [6, 6.07) is 27.5. The Bertz CT molecular complexity index is 1650. The molecule has 5 aromatic rings. The number of nitrogens with zero attached hydrogens (tertiary/aromatic N) is 2. The molecule has 6 bridgehead atoms. The van der Waals surface area contributed by atoms with Crippen LogP contribution in [0.3, 0.4) is 0 Å². The first-order chi connectivity index (χ1) is 26.3. The lowest BCUT2D eigenvalue weighted by atomic mass is 10.1. The Balaban J connectivity index is 0.963. The summed E-state index contributed by atoms with van der Waals surface area (Å²) in [4.78, 5) is 0. The zero-order valence-electron chi connectivity index (χ0n) is 29.8. The molecule has 8 rings (SSSR count). The lowest BCUT2D eigenvalue weighted by molar-refractivity contribution is 0.00482. The molecule has 0 spiro atoms. The minimum Gasteiger partial charge on any atom is -0.491 e. The summed E-state index contributed by atoms with van der Waals surface area (Å²) in [5.41, 5.74) is 1.95. The number of aromatic nitrogens is 2. The first kappa shape index (κ1) is 38.4. The van der Waals surface area contributed by atoms with Gasteiger partial charge in [0.15, 0.2) is 0 Å². The fourth-order valence-corrected chi connectivity index (χ4v) is 6.15. The zero-order valence-corrected chi connectivity index (χ0v) is 30.6. The second-order valence-corrected chi connectivity index (χ2v) is 12.6. The van der Waals surface area contributed by atoms with E-state index in [1.165, 1.54) is 11.3 Å². The van der Waals surface area contributed by atoms with E-state index < -0.39 is 0 Å². The Kier molecular flexibility index (Phi) is 15.9. The van der Waals surface area contributed by atoms with Gasteiger partial charge in [-0.2, -0.15) is 0 Å². The van der Waals surface area contributed by atoms with Crippen LogP contribution < -0.4 is 18.9 Å². The van der Waals surface area contributed by atoms with Crippen molar-refractivity contribution in [1.29, 1.82) is 0 Å². The average Bonchev–Trinajstić information content (AvgIpc) is 3.69. The molecule has 1 aromatic heterocycles. The van der Waals surface area contributed by atoms with E-state index in [1.807, 2.05) is 84.9 Å². The number of benzene rings is 4. The number of hydrogen-bond donors (Lipinski definition) is 0. The van der Waals surface area contributed by atoms with Gasteiger partial charge < -0.3 is 47.4 Å². The maximum Gasteiger partial charge on any atom is 0.148 e. The summed E-state index contributed by atoms with van der Waals surface area (Å²) in [6.45, 7) is 7.23. The van der Waals surface area contributed by atoms with Crippen LogP contribution in [0.4, 0.5) is 0 Å². The second-order valence-electron chi connectivity index (χ2n) is 11.6. The Morgan fingerprint density at radius 2 is 0.698 bits per heavy atom. The molecule has 53 heavy (non-hydrogen) atoms. The summed E-state index contributed by atoms with van der Waals surface area (Å²) >= 11 is 1.53. The van der Waals surface area contributed by atoms with Crippen LogP contribution >= 0.6 is 11.3 Å². The predicted octanol–water partition coefficient (Wildman–Crippen LogP) is 6.35. The number of fused-ring (bicyclic) bond motifs is 2. The molecule has 0 amide bonds.